The first-order valence-corrected chi connectivity index (χ1v) is 10.3. The number of nitrogens with zero attached hydrogens (tertiary/aromatic N) is 3. The first-order chi connectivity index (χ1) is 14.9. The topological polar surface area (TPSA) is 63.5 Å². The van der Waals surface area contributed by atoms with Gasteiger partial charge in [-0.05, 0) is 56.3 Å². The lowest BCUT2D eigenvalue weighted by Gasteiger charge is -2.23. The lowest BCUT2D eigenvalue weighted by molar-refractivity contribution is -0.137. The van der Waals surface area contributed by atoms with Crippen LogP contribution in [0.15, 0.2) is 30.5 Å². The molecule has 1 saturated carbocycles. The monoisotopic (exact) mass is 435 g/mol. The van der Waals surface area contributed by atoms with E-state index in [2.05, 4.69) is 20.7 Å². The highest BCUT2D eigenvalue weighted by atomic mass is 19.4. The third kappa shape index (κ3) is 4.30. The number of piperidine rings is 1. The molecule has 1 aliphatic carbocycles. The molecule has 0 amide bonds. The van der Waals surface area contributed by atoms with Crippen LogP contribution >= 0.6 is 0 Å². The summed E-state index contributed by atoms with van der Waals surface area (Å²) in [6.45, 7) is 1.64. The minimum Gasteiger partial charge on any atom is -0.473 e. The third-order valence-electron chi connectivity index (χ3n) is 5.53. The minimum atomic E-state index is -4.65. The van der Waals surface area contributed by atoms with Crippen LogP contribution in [-0.4, -0.2) is 33.8 Å². The van der Waals surface area contributed by atoms with E-state index in [1.165, 1.54) is 4.52 Å². The van der Waals surface area contributed by atoms with Crippen molar-refractivity contribution in [3.05, 3.63) is 47.4 Å². The fraction of sp³-hybridized carbons (Fsp3) is 0.429. The molecule has 1 aromatic carbocycles. The number of hydrogen-bond donors (Lipinski definition) is 2. The molecule has 2 aliphatic rings. The van der Waals surface area contributed by atoms with E-state index in [0.717, 1.165) is 49.9 Å². The van der Waals surface area contributed by atoms with Gasteiger partial charge in [-0.15, -0.1) is 0 Å². The predicted molar refractivity (Wildman–Crippen MR) is 106 cm³/mol. The fourth-order valence-corrected chi connectivity index (χ4v) is 3.85. The van der Waals surface area contributed by atoms with Gasteiger partial charge in [0, 0.05) is 23.9 Å². The van der Waals surface area contributed by atoms with Gasteiger partial charge in [-0.1, -0.05) is 0 Å². The van der Waals surface area contributed by atoms with Gasteiger partial charge in [-0.25, -0.2) is 4.39 Å². The molecular weight excluding hydrogens is 414 g/mol. The summed E-state index contributed by atoms with van der Waals surface area (Å²) in [6, 6.07) is 3.94. The maximum absolute atomic E-state index is 13.9. The number of halogens is 4. The summed E-state index contributed by atoms with van der Waals surface area (Å²) >= 11 is 0. The van der Waals surface area contributed by atoms with Crippen molar-refractivity contribution in [1.82, 2.24) is 19.9 Å². The van der Waals surface area contributed by atoms with E-state index in [9.17, 15) is 17.6 Å². The number of alkyl halides is 3. The Kier molecular flexibility index (Phi) is 4.96. The molecule has 1 unspecified atom stereocenters. The quantitative estimate of drug-likeness (QED) is 0.572. The Labute approximate surface area is 175 Å². The van der Waals surface area contributed by atoms with Crippen molar-refractivity contribution in [2.75, 3.05) is 18.4 Å². The van der Waals surface area contributed by atoms with Crippen LogP contribution in [0.2, 0.25) is 0 Å². The van der Waals surface area contributed by atoms with Gasteiger partial charge in [0.05, 0.1) is 11.8 Å². The van der Waals surface area contributed by atoms with Crippen LogP contribution in [0.1, 0.15) is 42.7 Å². The van der Waals surface area contributed by atoms with E-state index < -0.39 is 17.6 Å². The molecule has 3 aromatic rings. The Bertz CT molecular complexity index is 1100. The molecule has 0 bridgehead atoms. The van der Waals surface area contributed by atoms with Gasteiger partial charge < -0.3 is 15.4 Å². The molecule has 2 fully saturated rings. The Balaban J connectivity index is 1.53. The zero-order valence-corrected chi connectivity index (χ0v) is 16.5. The van der Waals surface area contributed by atoms with Crippen LogP contribution in [-0.2, 0) is 6.18 Å². The fourth-order valence-electron chi connectivity index (χ4n) is 3.85. The van der Waals surface area contributed by atoms with Crippen molar-refractivity contribution >= 4 is 17.2 Å². The highest BCUT2D eigenvalue weighted by Gasteiger charge is 2.32. The Morgan fingerprint density at radius 1 is 1.13 bits per heavy atom. The van der Waals surface area contributed by atoms with E-state index in [4.69, 9.17) is 4.74 Å². The molecule has 1 atom stereocenters. The third-order valence-corrected chi connectivity index (χ3v) is 5.53. The molecule has 31 heavy (non-hydrogen) atoms. The summed E-state index contributed by atoms with van der Waals surface area (Å²) in [6.07, 6.45) is 0.987. The minimum absolute atomic E-state index is 0.0337. The van der Waals surface area contributed by atoms with Crippen LogP contribution in [0.25, 0.3) is 5.65 Å². The van der Waals surface area contributed by atoms with E-state index in [0.29, 0.717) is 35.9 Å². The highest BCUT2D eigenvalue weighted by molar-refractivity contribution is 5.64. The number of benzene rings is 1. The van der Waals surface area contributed by atoms with Gasteiger partial charge in [0.25, 0.3) is 0 Å². The molecule has 10 heteroatoms. The summed E-state index contributed by atoms with van der Waals surface area (Å²) in [5.41, 5.74) is 0.474. The zero-order valence-electron chi connectivity index (χ0n) is 16.5. The Morgan fingerprint density at radius 2 is 1.97 bits per heavy atom. The van der Waals surface area contributed by atoms with Gasteiger partial charge in [-0.2, -0.15) is 27.8 Å². The maximum atomic E-state index is 13.9. The predicted octanol–water partition coefficient (Wildman–Crippen LogP) is 4.64. The summed E-state index contributed by atoms with van der Waals surface area (Å²) in [4.78, 5) is 4.62. The smallest absolute Gasteiger partial charge is 0.416 e. The molecule has 6 nitrogen and oxygen atoms in total. The average molecular weight is 435 g/mol. The lowest BCUT2D eigenvalue weighted by Crippen LogP contribution is -2.37. The summed E-state index contributed by atoms with van der Waals surface area (Å²) < 4.78 is 60.8. The summed E-state index contributed by atoms with van der Waals surface area (Å²) in [5.74, 6) is 0.106. The summed E-state index contributed by atoms with van der Waals surface area (Å²) in [7, 11) is 0. The van der Waals surface area contributed by atoms with E-state index in [1.807, 2.05) is 0 Å². The molecule has 2 aromatic heterocycles. The number of fused-ring (bicyclic) bond motifs is 1. The van der Waals surface area contributed by atoms with Gasteiger partial charge in [0.2, 0.25) is 5.88 Å². The second-order valence-electron chi connectivity index (χ2n) is 8.03. The Hall–Kier alpha value is -2.88. The van der Waals surface area contributed by atoms with Gasteiger partial charge >= 0.3 is 6.18 Å². The number of rotatable bonds is 5. The van der Waals surface area contributed by atoms with E-state index in [-0.39, 0.29) is 11.8 Å². The van der Waals surface area contributed by atoms with Gasteiger partial charge in [0.1, 0.15) is 17.7 Å². The maximum Gasteiger partial charge on any atom is 0.416 e. The normalized spacial score (nSPS) is 19.5. The molecule has 1 aliphatic heterocycles. The standard InChI is InChI=1S/C21H21F4N5O/c22-14-6-13(21(23,24)25)7-15(8-14)28-18-9-19(31-16-2-1-5-26-10-16)29-20-17(12-3-4-12)11-27-30(18)20/h6-9,11-12,16,26,28H,1-5,10H2. The van der Waals surface area contributed by atoms with Crippen molar-refractivity contribution in [1.29, 1.82) is 0 Å². The van der Waals surface area contributed by atoms with Crippen LogP contribution in [0.4, 0.5) is 29.1 Å². The summed E-state index contributed by atoms with van der Waals surface area (Å²) in [5, 5.41) is 10.5. The molecule has 3 heterocycles. The van der Waals surface area contributed by atoms with E-state index >= 15 is 0 Å². The number of aromatic nitrogens is 3. The second-order valence-corrected chi connectivity index (χ2v) is 8.03. The second kappa shape index (κ2) is 7.67. The van der Waals surface area contributed by atoms with Crippen molar-refractivity contribution < 1.29 is 22.3 Å². The molecule has 164 valence electrons. The zero-order chi connectivity index (χ0) is 21.6. The van der Waals surface area contributed by atoms with Crippen LogP contribution in [0.5, 0.6) is 5.88 Å². The molecule has 1 saturated heterocycles. The molecule has 2 N–H and O–H groups in total. The number of ether oxygens (including phenoxy) is 1. The lowest BCUT2D eigenvalue weighted by atomic mass is 10.1. The van der Waals surface area contributed by atoms with Crippen molar-refractivity contribution in [3.8, 4) is 5.88 Å². The van der Waals surface area contributed by atoms with Crippen molar-refractivity contribution in [2.45, 2.75) is 43.9 Å². The molecular formula is C21H21F4N5O. The number of anilines is 2. The number of hydrogen-bond acceptors (Lipinski definition) is 5. The van der Waals surface area contributed by atoms with Crippen molar-refractivity contribution in [3.63, 3.8) is 0 Å². The largest absolute Gasteiger partial charge is 0.473 e. The van der Waals surface area contributed by atoms with E-state index in [1.54, 1.807) is 12.3 Å². The van der Waals surface area contributed by atoms with Crippen molar-refractivity contribution in [2.24, 2.45) is 0 Å². The number of nitrogens with one attached hydrogen (secondary N) is 2. The molecule has 0 radical (unpaired) electrons. The first-order valence-electron chi connectivity index (χ1n) is 10.3. The van der Waals surface area contributed by atoms with Gasteiger partial charge in [0.15, 0.2) is 5.65 Å². The van der Waals surface area contributed by atoms with Crippen LogP contribution in [0, 0.1) is 5.82 Å². The van der Waals surface area contributed by atoms with Crippen LogP contribution in [0.3, 0.4) is 0 Å². The van der Waals surface area contributed by atoms with Gasteiger partial charge in [-0.3, -0.25) is 0 Å². The average Bonchev–Trinajstić information content (AvgIpc) is 3.47. The molecule has 0 spiro atoms. The SMILES string of the molecule is Fc1cc(Nc2cc(OC3CCCNC3)nc3c(C4CC4)cnn23)cc(C(F)(F)F)c1. The highest BCUT2D eigenvalue weighted by Crippen LogP contribution is 2.42. The molecule has 5 rings (SSSR count). The van der Waals surface area contributed by atoms with Crippen LogP contribution < -0.4 is 15.4 Å². The first kappa shape index (κ1) is 20.0. The Morgan fingerprint density at radius 3 is 2.68 bits per heavy atom.